The molecule has 1 aliphatic rings. The number of aliphatic carboxylic acids is 1. The van der Waals surface area contributed by atoms with Crippen molar-refractivity contribution < 1.29 is 24.2 Å². The Morgan fingerprint density at radius 2 is 2.00 bits per heavy atom. The fourth-order valence-corrected chi connectivity index (χ4v) is 3.25. The molecule has 0 bridgehead atoms. The van der Waals surface area contributed by atoms with Crippen LogP contribution in [0.25, 0.3) is 0 Å². The molecular formula is C18H18N2O5S. The first kappa shape index (κ1) is 18.1. The lowest BCUT2D eigenvalue weighted by Gasteiger charge is -2.30. The third-order valence-electron chi connectivity index (χ3n) is 4.03. The number of nitrogens with zero attached hydrogens (tertiary/aromatic N) is 1. The number of carbonyl (C=O) groups is 3. The molecule has 2 heterocycles. The molecule has 0 radical (unpaired) electrons. The van der Waals surface area contributed by atoms with E-state index in [-0.39, 0.29) is 25.0 Å². The average molecular weight is 374 g/mol. The van der Waals surface area contributed by atoms with E-state index in [1.165, 1.54) is 16.2 Å². The van der Waals surface area contributed by atoms with Crippen LogP contribution in [0.3, 0.4) is 0 Å². The summed E-state index contributed by atoms with van der Waals surface area (Å²) in [6, 6.07) is 10.5. The van der Waals surface area contributed by atoms with E-state index < -0.39 is 12.1 Å². The summed E-state index contributed by atoms with van der Waals surface area (Å²) in [5.74, 6) is -1.43. The Balaban J connectivity index is 1.57. The molecule has 1 aliphatic heterocycles. The van der Waals surface area contributed by atoms with Crippen LogP contribution >= 0.6 is 11.3 Å². The molecule has 2 aromatic rings. The van der Waals surface area contributed by atoms with Crippen LogP contribution in [0.2, 0.25) is 0 Å². The lowest BCUT2D eigenvalue weighted by molar-refractivity contribution is -0.154. The predicted octanol–water partition coefficient (Wildman–Crippen LogP) is 1.60. The summed E-state index contributed by atoms with van der Waals surface area (Å²) in [5, 5.41) is 13.7. The van der Waals surface area contributed by atoms with Gasteiger partial charge in [0.05, 0.1) is 18.0 Å². The van der Waals surface area contributed by atoms with Gasteiger partial charge in [-0.25, -0.2) is 4.79 Å². The zero-order chi connectivity index (χ0) is 18.5. The van der Waals surface area contributed by atoms with Gasteiger partial charge in [-0.05, 0) is 29.1 Å². The van der Waals surface area contributed by atoms with Gasteiger partial charge in [-0.1, -0.05) is 18.2 Å². The summed E-state index contributed by atoms with van der Waals surface area (Å²) in [6.07, 6.45) is -0.987. The van der Waals surface area contributed by atoms with E-state index in [1.54, 1.807) is 30.3 Å². The van der Waals surface area contributed by atoms with E-state index in [2.05, 4.69) is 5.32 Å². The van der Waals surface area contributed by atoms with Crippen molar-refractivity contribution >= 4 is 29.1 Å². The maximum atomic E-state index is 12.5. The zero-order valence-electron chi connectivity index (χ0n) is 13.9. The summed E-state index contributed by atoms with van der Waals surface area (Å²) in [5.41, 5.74) is 1.35. The first-order chi connectivity index (χ1) is 12.5. The molecular weight excluding hydrogens is 356 g/mol. The number of carbonyl (C=O) groups excluding carboxylic acids is 2. The SMILES string of the molecule is O=C(NCc1ccc(C(=O)N2CCOC(C(=O)O)C2)cc1)c1cccs1. The normalized spacial score (nSPS) is 16.9. The number of ether oxygens (including phenoxy) is 1. The van der Waals surface area contributed by atoms with Crippen LogP contribution in [-0.4, -0.2) is 53.6 Å². The Labute approximate surface area is 154 Å². The maximum Gasteiger partial charge on any atom is 0.334 e. The molecule has 1 atom stereocenters. The van der Waals surface area contributed by atoms with Gasteiger partial charge in [0, 0.05) is 18.7 Å². The van der Waals surface area contributed by atoms with Gasteiger partial charge in [0.15, 0.2) is 6.10 Å². The molecule has 0 saturated carbocycles. The van der Waals surface area contributed by atoms with Crippen LogP contribution in [0.4, 0.5) is 0 Å². The molecule has 3 rings (SSSR count). The smallest absolute Gasteiger partial charge is 0.334 e. The molecule has 1 aromatic heterocycles. The van der Waals surface area contributed by atoms with E-state index in [4.69, 9.17) is 9.84 Å². The Hall–Kier alpha value is -2.71. The molecule has 136 valence electrons. The molecule has 0 aliphatic carbocycles. The minimum Gasteiger partial charge on any atom is -0.479 e. The van der Waals surface area contributed by atoms with Crippen molar-refractivity contribution in [3.63, 3.8) is 0 Å². The number of rotatable bonds is 5. The number of morpholine rings is 1. The van der Waals surface area contributed by atoms with E-state index >= 15 is 0 Å². The summed E-state index contributed by atoms with van der Waals surface area (Å²) in [6.45, 7) is 0.966. The quantitative estimate of drug-likeness (QED) is 0.829. The second-order valence-corrected chi connectivity index (χ2v) is 6.75. The van der Waals surface area contributed by atoms with E-state index in [9.17, 15) is 14.4 Å². The van der Waals surface area contributed by atoms with E-state index in [0.29, 0.717) is 23.5 Å². The van der Waals surface area contributed by atoms with Crippen LogP contribution in [0.15, 0.2) is 41.8 Å². The fourth-order valence-electron chi connectivity index (χ4n) is 2.61. The first-order valence-electron chi connectivity index (χ1n) is 8.09. The number of benzene rings is 1. The summed E-state index contributed by atoms with van der Waals surface area (Å²) in [4.78, 5) is 37.6. The topological polar surface area (TPSA) is 95.9 Å². The van der Waals surface area contributed by atoms with Crippen LogP contribution < -0.4 is 5.32 Å². The number of carboxylic acids is 1. The second kappa shape index (κ2) is 8.11. The molecule has 8 heteroatoms. The van der Waals surface area contributed by atoms with Crippen LogP contribution in [0.5, 0.6) is 0 Å². The molecule has 2 amide bonds. The minimum atomic E-state index is -1.07. The Morgan fingerprint density at radius 1 is 1.23 bits per heavy atom. The highest BCUT2D eigenvalue weighted by atomic mass is 32.1. The largest absolute Gasteiger partial charge is 0.479 e. The second-order valence-electron chi connectivity index (χ2n) is 5.81. The lowest BCUT2D eigenvalue weighted by atomic mass is 10.1. The number of nitrogens with one attached hydrogen (secondary N) is 1. The molecule has 26 heavy (non-hydrogen) atoms. The number of amides is 2. The number of thiophene rings is 1. The van der Waals surface area contributed by atoms with Crippen LogP contribution in [-0.2, 0) is 16.1 Å². The summed E-state index contributed by atoms with van der Waals surface area (Å²) < 4.78 is 5.13. The fraction of sp³-hybridized carbons (Fsp3) is 0.278. The van der Waals surface area contributed by atoms with E-state index in [1.807, 2.05) is 11.4 Å². The van der Waals surface area contributed by atoms with Gasteiger partial charge in [0.25, 0.3) is 11.8 Å². The standard InChI is InChI=1S/C18H18N2O5S/c21-16(15-2-1-9-26-15)19-10-12-3-5-13(6-4-12)17(22)20-7-8-25-14(11-20)18(23)24/h1-6,9,14H,7-8,10-11H2,(H,19,21)(H,23,24). The van der Waals surface area contributed by atoms with Gasteiger partial charge in [0.1, 0.15) is 0 Å². The predicted molar refractivity (Wildman–Crippen MR) is 95.2 cm³/mol. The van der Waals surface area contributed by atoms with Crippen molar-refractivity contribution in [1.82, 2.24) is 10.2 Å². The van der Waals surface area contributed by atoms with Crippen molar-refractivity contribution in [2.75, 3.05) is 19.7 Å². The zero-order valence-corrected chi connectivity index (χ0v) is 14.7. The third-order valence-corrected chi connectivity index (χ3v) is 4.90. The highest BCUT2D eigenvalue weighted by molar-refractivity contribution is 7.12. The number of carboxylic acid groups (broad SMARTS) is 1. The van der Waals surface area contributed by atoms with Gasteiger partial charge in [-0.2, -0.15) is 0 Å². The van der Waals surface area contributed by atoms with Crippen molar-refractivity contribution in [2.45, 2.75) is 12.6 Å². The Morgan fingerprint density at radius 3 is 2.65 bits per heavy atom. The summed E-state index contributed by atoms with van der Waals surface area (Å²) in [7, 11) is 0. The summed E-state index contributed by atoms with van der Waals surface area (Å²) >= 11 is 1.38. The number of hydrogen-bond donors (Lipinski definition) is 2. The van der Waals surface area contributed by atoms with Crippen molar-refractivity contribution in [2.24, 2.45) is 0 Å². The highest BCUT2D eigenvalue weighted by Gasteiger charge is 2.29. The lowest BCUT2D eigenvalue weighted by Crippen LogP contribution is -2.48. The Bertz CT molecular complexity index is 788. The van der Waals surface area contributed by atoms with Gasteiger partial charge in [0.2, 0.25) is 0 Å². The third kappa shape index (κ3) is 4.27. The van der Waals surface area contributed by atoms with Gasteiger partial charge < -0.3 is 20.1 Å². The minimum absolute atomic E-state index is 0.0345. The van der Waals surface area contributed by atoms with Gasteiger partial charge >= 0.3 is 5.97 Å². The van der Waals surface area contributed by atoms with E-state index in [0.717, 1.165) is 5.56 Å². The molecule has 1 saturated heterocycles. The molecule has 1 unspecified atom stereocenters. The van der Waals surface area contributed by atoms with Crippen molar-refractivity contribution in [3.8, 4) is 0 Å². The van der Waals surface area contributed by atoms with Crippen molar-refractivity contribution in [3.05, 3.63) is 57.8 Å². The maximum absolute atomic E-state index is 12.5. The molecule has 2 N–H and O–H groups in total. The highest BCUT2D eigenvalue weighted by Crippen LogP contribution is 2.13. The van der Waals surface area contributed by atoms with Gasteiger partial charge in [-0.3, -0.25) is 9.59 Å². The molecule has 0 spiro atoms. The Kier molecular flexibility index (Phi) is 5.65. The molecule has 1 aromatic carbocycles. The van der Waals surface area contributed by atoms with Gasteiger partial charge in [-0.15, -0.1) is 11.3 Å². The number of hydrogen-bond acceptors (Lipinski definition) is 5. The first-order valence-corrected chi connectivity index (χ1v) is 8.97. The van der Waals surface area contributed by atoms with Crippen LogP contribution in [0.1, 0.15) is 25.6 Å². The van der Waals surface area contributed by atoms with Crippen molar-refractivity contribution in [1.29, 1.82) is 0 Å². The average Bonchev–Trinajstić information content (AvgIpc) is 3.21. The molecule has 7 nitrogen and oxygen atoms in total. The molecule has 1 fully saturated rings. The monoisotopic (exact) mass is 374 g/mol. The van der Waals surface area contributed by atoms with Crippen LogP contribution in [0, 0.1) is 0 Å².